The number of halogens is 1. The van der Waals surface area contributed by atoms with Gasteiger partial charge in [-0.05, 0) is 25.2 Å². The quantitative estimate of drug-likeness (QED) is 0.758. The van der Waals surface area contributed by atoms with Crippen LogP contribution in [0.4, 0.5) is 0 Å². The first-order valence-electron chi connectivity index (χ1n) is 6.62. The lowest BCUT2D eigenvalue weighted by atomic mass is 9.77. The Hall–Kier alpha value is -0.420. The van der Waals surface area contributed by atoms with E-state index in [9.17, 15) is 0 Å². The molecule has 0 bridgehead atoms. The van der Waals surface area contributed by atoms with E-state index in [2.05, 4.69) is 44.5 Å². The molecule has 0 aromatic carbocycles. The number of ether oxygens (including phenoxy) is 1. The molecular formula is C13H22BrN3O. The Labute approximate surface area is 117 Å². The van der Waals surface area contributed by atoms with Crippen molar-refractivity contribution in [3.63, 3.8) is 0 Å². The molecule has 1 fully saturated rings. The zero-order valence-electron chi connectivity index (χ0n) is 11.4. The molecule has 0 aliphatic heterocycles. The SMILES string of the molecule is COC1(Cc2nnc(CBr)n2CC(C)C)CCC1. The van der Waals surface area contributed by atoms with E-state index in [0.717, 1.165) is 42.8 Å². The first-order chi connectivity index (χ1) is 8.60. The van der Waals surface area contributed by atoms with E-state index < -0.39 is 0 Å². The molecule has 0 atom stereocenters. The number of alkyl halides is 1. The van der Waals surface area contributed by atoms with E-state index >= 15 is 0 Å². The molecule has 5 heteroatoms. The summed E-state index contributed by atoms with van der Waals surface area (Å²) in [6.45, 7) is 5.41. The standard InChI is InChI=1S/C13H22BrN3O/c1-10(2)9-17-11(15-16-12(17)8-14)7-13(18-3)5-4-6-13/h10H,4-9H2,1-3H3. The second kappa shape index (κ2) is 5.70. The van der Waals surface area contributed by atoms with Crippen LogP contribution < -0.4 is 0 Å². The van der Waals surface area contributed by atoms with Crippen LogP contribution in [0.3, 0.4) is 0 Å². The maximum absolute atomic E-state index is 5.69. The number of aromatic nitrogens is 3. The average Bonchev–Trinajstić information content (AvgIpc) is 2.65. The molecule has 18 heavy (non-hydrogen) atoms. The Balaban J connectivity index is 2.18. The molecule has 0 unspecified atom stereocenters. The zero-order valence-corrected chi connectivity index (χ0v) is 13.0. The normalized spacial score (nSPS) is 18.1. The van der Waals surface area contributed by atoms with Crippen molar-refractivity contribution in [2.75, 3.05) is 7.11 Å². The van der Waals surface area contributed by atoms with Crippen molar-refractivity contribution in [1.82, 2.24) is 14.8 Å². The van der Waals surface area contributed by atoms with Gasteiger partial charge in [0.05, 0.1) is 10.9 Å². The van der Waals surface area contributed by atoms with E-state index in [1.54, 1.807) is 0 Å². The minimum Gasteiger partial charge on any atom is -0.378 e. The Morgan fingerprint density at radius 3 is 2.44 bits per heavy atom. The zero-order chi connectivity index (χ0) is 13.2. The highest BCUT2D eigenvalue weighted by molar-refractivity contribution is 9.08. The van der Waals surface area contributed by atoms with Gasteiger partial charge < -0.3 is 9.30 Å². The molecule has 4 nitrogen and oxygen atoms in total. The van der Waals surface area contributed by atoms with Crippen molar-refractivity contribution in [2.45, 2.75) is 57.0 Å². The Morgan fingerprint density at radius 2 is 2.00 bits per heavy atom. The molecule has 102 valence electrons. The van der Waals surface area contributed by atoms with Crippen LogP contribution in [-0.4, -0.2) is 27.5 Å². The second-order valence-corrected chi connectivity index (χ2v) is 6.15. The van der Waals surface area contributed by atoms with Crippen LogP contribution in [0.25, 0.3) is 0 Å². The van der Waals surface area contributed by atoms with Crippen LogP contribution in [0.15, 0.2) is 0 Å². The fraction of sp³-hybridized carbons (Fsp3) is 0.846. The van der Waals surface area contributed by atoms with Gasteiger partial charge in [-0.1, -0.05) is 29.8 Å². The topological polar surface area (TPSA) is 39.9 Å². The fourth-order valence-corrected chi connectivity index (χ4v) is 2.91. The molecule has 1 aromatic rings. The third-order valence-corrected chi connectivity index (χ3v) is 4.25. The van der Waals surface area contributed by atoms with Crippen LogP contribution in [0, 0.1) is 5.92 Å². The van der Waals surface area contributed by atoms with Gasteiger partial charge in [0, 0.05) is 20.1 Å². The average molecular weight is 316 g/mol. The number of nitrogens with zero attached hydrogens (tertiary/aromatic N) is 3. The smallest absolute Gasteiger partial charge is 0.143 e. The van der Waals surface area contributed by atoms with Crippen molar-refractivity contribution in [1.29, 1.82) is 0 Å². The summed E-state index contributed by atoms with van der Waals surface area (Å²) >= 11 is 3.48. The van der Waals surface area contributed by atoms with Crippen molar-refractivity contribution in [2.24, 2.45) is 5.92 Å². The molecule has 2 rings (SSSR count). The minimum atomic E-state index is 0.0192. The molecule has 1 aromatic heterocycles. The van der Waals surface area contributed by atoms with Crippen LogP contribution >= 0.6 is 15.9 Å². The second-order valence-electron chi connectivity index (χ2n) is 5.59. The molecule has 0 N–H and O–H groups in total. The molecule has 0 radical (unpaired) electrons. The third kappa shape index (κ3) is 2.77. The Kier molecular flexibility index (Phi) is 4.43. The van der Waals surface area contributed by atoms with E-state index in [0.29, 0.717) is 5.92 Å². The van der Waals surface area contributed by atoms with Crippen LogP contribution in [0.2, 0.25) is 0 Å². The van der Waals surface area contributed by atoms with Gasteiger partial charge in [0.1, 0.15) is 11.6 Å². The maximum atomic E-state index is 5.69. The molecule has 1 aliphatic rings. The molecule has 1 aliphatic carbocycles. The van der Waals surface area contributed by atoms with E-state index in [-0.39, 0.29) is 5.60 Å². The van der Waals surface area contributed by atoms with Gasteiger partial charge in [-0.3, -0.25) is 0 Å². The highest BCUT2D eigenvalue weighted by Gasteiger charge is 2.38. The fourth-order valence-electron chi connectivity index (χ4n) is 2.49. The summed E-state index contributed by atoms with van der Waals surface area (Å²) < 4.78 is 7.94. The molecule has 0 spiro atoms. The lowest BCUT2D eigenvalue weighted by molar-refractivity contribution is -0.0727. The van der Waals surface area contributed by atoms with E-state index in [1.165, 1.54) is 6.42 Å². The summed E-state index contributed by atoms with van der Waals surface area (Å²) in [6.07, 6.45) is 4.43. The highest BCUT2D eigenvalue weighted by atomic mass is 79.9. The minimum absolute atomic E-state index is 0.0192. The van der Waals surface area contributed by atoms with Gasteiger partial charge in [-0.15, -0.1) is 10.2 Å². The maximum Gasteiger partial charge on any atom is 0.143 e. The van der Waals surface area contributed by atoms with Crippen molar-refractivity contribution in [3.8, 4) is 0 Å². The first kappa shape index (κ1) is 14.0. The molecule has 0 amide bonds. The summed E-state index contributed by atoms with van der Waals surface area (Å²) in [7, 11) is 1.81. The van der Waals surface area contributed by atoms with Crippen molar-refractivity contribution in [3.05, 3.63) is 11.6 Å². The lowest BCUT2D eigenvalue weighted by Crippen LogP contribution is -2.42. The predicted molar refractivity (Wildman–Crippen MR) is 74.8 cm³/mol. The van der Waals surface area contributed by atoms with Gasteiger partial charge in [-0.2, -0.15) is 0 Å². The largest absolute Gasteiger partial charge is 0.378 e. The van der Waals surface area contributed by atoms with Crippen molar-refractivity contribution >= 4 is 15.9 Å². The van der Waals surface area contributed by atoms with Gasteiger partial charge in [-0.25, -0.2) is 0 Å². The van der Waals surface area contributed by atoms with E-state index in [1.807, 2.05) is 7.11 Å². The van der Waals surface area contributed by atoms with Gasteiger partial charge in [0.2, 0.25) is 0 Å². The first-order valence-corrected chi connectivity index (χ1v) is 7.74. The van der Waals surface area contributed by atoms with Crippen molar-refractivity contribution < 1.29 is 4.74 Å². The molecule has 0 saturated heterocycles. The Bertz CT molecular complexity index is 393. The third-order valence-electron chi connectivity index (χ3n) is 3.75. The summed E-state index contributed by atoms with van der Waals surface area (Å²) in [6, 6.07) is 0. The monoisotopic (exact) mass is 315 g/mol. The summed E-state index contributed by atoms with van der Waals surface area (Å²) in [4.78, 5) is 0. The van der Waals surface area contributed by atoms with Crippen LogP contribution in [-0.2, 0) is 23.0 Å². The Morgan fingerprint density at radius 1 is 1.33 bits per heavy atom. The summed E-state index contributed by atoms with van der Waals surface area (Å²) in [5, 5.41) is 9.39. The van der Waals surface area contributed by atoms with Gasteiger partial charge >= 0.3 is 0 Å². The molecule has 1 saturated carbocycles. The molecule has 1 heterocycles. The number of rotatable bonds is 6. The summed E-state index contributed by atoms with van der Waals surface area (Å²) in [5.74, 6) is 2.68. The number of methoxy groups -OCH3 is 1. The van der Waals surface area contributed by atoms with Crippen LogP contribution in [0.1, 0.15) is 44.8 Å². The van der Waals surface area contributed by atoms with Gasteiger partial charge in [0.15, 0.2) is 0 Å². The summed E-state index contributed by atoms with van der Waals surface area (Å²) in [5.41, 5.74) is 0.0192. The predicted octanol–water partition coefficient (Wildman–Crippen LogP) is 2.94. The van der Waals surface area contributed by atoms with Gasteiger partial charge in [0.25, 0.3) is 0 Å². The molecular weight excluding hydrogens is 294 g/mol. The van der Waals surface area contributed by atoms with Crippen LogP contribution in [0.5, 0.6) is 0 Å². The number of hydrogen-bond acceptors (Lipinski definition) is 3. The highest BCUT2D eigenvalue weighted by Crippen LogP contribution is 2.37. The number of hydrogen-bond donors (Lipinski definition) is 0. The van der Waals surface area contributed by atoms with E-state index in [4.69, 9.17) is 4.74 Å². The lowest BCUT2D eigenvalue weighted by Gasteiger charge is -2.40.